The Hall–Kier alpha value is -2.95. The normalized spacial score (nSPS) is 14.7. The van der Waals surface area contributed by atoms with Crippen LogP contribution < -0.4 is 14.9 Å². The number of nitrogens with one attached hydrogen (secondary N) is 2. The summed E-state index contributed by atoms with van der Waals surface area (Å²) in [6, 6.07) is 23.6. The minimum Gasteiger partial charge on any atom is -0.395 e. The fourth-order valence-electron chi connectivity index (χ4n) is 4.95. The molecule has 40 heavy (non-hydrogen) atoms. The Bertz CT molecular complexity index is 1310. The Labute approximate surface area is 242 Å². The average Bonchev–Trinajstić information content (AvgIpc) is 2.97. The minimum absolute atomic E-state index is 0.00352. The quantitative estimate of drug-likeness (QED) is 0.278. The average molecular weight is 585 g/mol. The number of sulfonamides is 1. The second-order valence-corrected chi connectivity index (χ2v) is 12.2. The number of carbonyl (C=O) groups excluding carboxylic acids is 1. The van der Waals surface area contributed by atoms with Crippen LogP contribution in [0.4, 0.5) is 16.2 Å². The number of anilines is 2. The Kier molecular flexibility index (Phi) is 11.0. The SMILES string of the molecule is O=C(Nc1ccc(Cl)cc1)N(CCCN1CCC(Cc2ccc(S(=O)(=O)NCCO)cc2)CC1)c1ccccc1. The molecule has 0 spiro atoms. The van der Waals surface area contributed by atoms with Crippen LogP contribution in [0.25, 0.3) is 0 Å². The second kappa shape index (κ2) is 14.6. The summed E-state index contributed by atoms with van der Waals surface area (Å²) in [7, 11) is -3.59. The van der Waals surface area contributed by atoms with Crippen molar-refractivity contribution < 1.29 is 18.3 Å². The van der Waals surface area contributed by atoms with Crippen molar-refractivity contribution >= 4 is 39.0 Å². The van der Waals surface area contributed by atoms with Crippen LogP contribution in [0.2, 0.25) is 5.02 Å². The zero-order valence-corrected chi connectivity index (χ0v) is 24.1. The number of urea groups is 1. The molecule has 0 saturated carbocycles. The summed E-state index contributed by atoms with van der Waals surface area (Å²) in [6.45, 7) is 3.29. The first-order valence-corrected chi connectivity index (χ1v) is 15.5. The highest BCUT2D eigenvalue weighted by atomic mass is 35.5. The number of aliphatic hydroxyl groups is 1. The van der Waals surface area contributed by atoms with Crippen molar-refractivity contribution in [2.75, 3.05) is 49.5 Å². The molecule has 0 radical (unpaired) electrons. The summed E-state index contributed by atoms with van der Waals surface area (Å²) in [4.78, 5) is 17.6. The van der Waals surface area contributed by atoms with Crippen LogP contribution in [0.5, 0.6) is 0 Å². The highest BCUT2D eigenvalue weighted by molar-refractivity contribution is 7.89. The molecule has 0 unspecified atom stereocenters. The maximum atomic E-state index is 13.1. The number of hydrogen-bond donors (Lipinski definition) is 3. The van der Waals surface area contributed by atoms with Crippen molar-refractivity contribution in [2.24, 2.45) is 5.92 Å². The smallest absolute Gasteiger partial charge is 0.326 e. The van der Waals surface area contributed by atoms with Crippen molar-refractivity contribution in [3.05, 3.63) is 89.4 Å². The van der Waals surface area contributed by atoms with E-state index >= 15 is 0 Å². The van der Waals surface area contributed by atoms with Gasteiger partial charge in [-0.1, -0.05) is 41.9 Å². The molecule has 0 atom stereocenters. The fourth-order valence-corrected chi connectivity index (χ4v) is 6.10. The molecular weight excluding hydrogens is 548 g/mol. The summed E-state index contributed by atoms with van der Waals surface area (Å²) in [5, 5.41) is 12.5. The lowest BCUT2D eigenvalue weighted by Crippen LogP contribution is -2.39. The van der Waals surface area contributed by atoms with Gasteiger partial charge in [0.1, 0.15) is 0 Å². The van der Waals surface area contributed by atoms with Crippen molar-refractivity contribution in [1.82, 2.24) is 9.62 Å². The number of rotatable bonds is 12. The van der Waals surface area contributed by atoms with Crippen LogP contribution in [0, 0.1) is 5.92 Å². The minimum atomic E-state index is -3.59. The lowest BCUT2D eigenvalue weighted by Gasteiger charge is -2.32. The van der Waals surface area contributed by atoms with Crippen LogP contribution in [-0.2, 0) is 16.4 Å². The maximum absolute atomic E-state index is 13.1. The summed E-state index contributed by atoms with van der Waals surface area (Å²) >= 11 is 5.98. The third-order valence-electron chi connectivity index (χ3n) is 7.13. The van der Waals surface area contributed by atoms with Crippen molar-refractivity contribution in [1.29, 1.82) is 0 Å². The second-order valence-electron chi connectivity index (χ2n) is 10.0. The van der Waals surface area contributed by atoms with Gasteiger partial charge in [-0.15, -0.1) is 0 Å². The summed E-state index contributed by atoms with van der Waals surface area (Å²) in [5.74, 6) is 0.553. The van der Waals surface area contributed by atoms with Crippen LogP contribution in [0.3, 0.4) is 0 Å². The number of amides is 2. The first-order valence-electron chi connectivity index (χ1n) is 13.6. The molecule has 1 heterocycles. The molecule has 1 aliphatic rings. The van der Waals surface area contributed by atoms with E-state index in [2.05, 4.69) is 14.9 Å². The van der Waals surface area contributed by atoms with Crippen LogP contribution in [-0.4, -0.2) is 63.8 Å². The van der Waals surface area contributed by atoms with E-state index in [1.807, 2.05) is 42.5 Å². The predicted molar refractivity (Wildman–Crippen MR) is 160 cm³/mol. The van der Waals surface area contributed by atoms with Gasteiger partial charge in [-0.2, -0.15) is 0 Å². The lowest BCUT2D eigenvalue weighted by atomic mass is 9.90. The van der Waals surface area contributed by atoms with Gasteiger partial charge in [0.05, 0.1) is 11.5 Å². The molecule has 1 fully saturated rings. The number of likely N-dealkylation sites (tertiary alicyclic amines) is 1. The Morgan fingerprint density at radius 2 is 1.65 bits per heavy atom. The van der Waals surface area contributed by atoms with Gasteiger partial charge >= 0.3 is 6.03 Å². The third kappa shape index (κ3) is 8.78. The Balaban J connectivity index is 1.24. The van der Waals surface area contributed by atoms with E-state index < -0.39 is 10.0 Å². The molecule has 10 heteroatoms. The molecule has 214 valence electrons. The molecule has 1 aliphatic heterocycles. The number of para-hydroxylation sites is 1. The molecule has 3 aromatic rings. The molecule has 1 saturated heterocycles. The molecular formula is C30H37ClN4O4S. The number of nitrogens with zero attached hydrogens (tertiary/aromatic N) is 2. The highest BCUT2D eigenvalue weighted by Gasteiger charge is 2.21. The predicted octanol–water partition coefficient (Wildman–Crippen LogP) is 4.99. The standard InChI is InChI=1S/C30H37ClN4O4S/c31-26-9-11-27(12-10-26)33-30(37)35(28-5-2-1-3-6-28)19-4-18-34-20-15-25(16-21-34)23-24-7-13-29(14-8-24)40(38,39)32-17-22-36/h1-3,5-14,25,32,36H,4,15-23H2,(H,33,37). The summed E-state index contributed by atoms with van der Waals surface area (Å²) < 4.78 is 26.8. The summed E-state index contributed by atoms with van der Waals surface area (Å²) in [6.07, 6.45) is 3.94. The van der Waals surface area contributed by atoms with E-state index in [0.717, 1.165) is 56.6 Å². The van der Waals surface area contributed by atoms with Crippen molar-refractivity contribution in [3.63, 3.8) is 0 Å². The van der Waals surface area contributed by atoms with Crippen LogP contribution in [0.1, 0.15) is 24.8 Å². The number of halogens is 1. The maximum Gasteiger partial charge on any atom is 0.326 e. The van der Waals surface area contributed by atoms with Gasteiger partial charge < -0.3 is 15.3 Å². The molecule has 3 aromatic carbocycles. The van der Waals surface area contributed by atoms with Gasteiger partial charge in [0.25, 0.3) is 0 Å². The molecule has 0 aliphatic carbocycles. The Morgan fingerprint density at radius 1 is 0.975 bits per heavy atom. The van der Waals surface area contributed by atoms with Crippen molar-refractivity contribution in [2.45, 2.75) is 30.6 Å². The van der Waals surface area contributed by atoms with E-state index in [0.29, 0.717) is 23.2 Å². The number of piperidine rings is 1. The number of benzene rings is 3. The highest BCUT2D eigenvalue weighted by Crippen LogP contribution is 2.23. The number of aliphatic hydroxyl groups excluding tert-OH is 1. The van der Waals surface area contributed by atoms with Crippen LogP contribution in [0.15, 0.2) is 83.8 Å². The molecule has 0 bridgehead atoms. The van der Waals surface area contributed by atoms with Crippen molar-refractivity contribution in [3.8, 4) is 0 Å². The molecule has 0 aromatic heterocycles. The third-order valence-corrected chi connectivity index (χ3v) is 8.86. The zero-order valence-electron chi connectivity index (χ0n) is 22.5. The molecule has 2 amide bonds. The first kappa shape index (κ1) is 30.0. The first-order chi connectivity index (χ1) is 19.3. The van der Waals surface area contributed by atoms with E-state index in [4.69, 9.17) is 16.7 Å². The monoisotopic (exact) mass is 584 g/mol. The summed E-state index contributed by atoms with van der Waals surface area (Å²) in [5.41, 5.74) is 2.69. The van der Waals surface area contributed by atoms with Gasteiger partial charge in [-0.3, -0.25) is 4.90 Å². The molecule has 4 rings (SSSR count). The van der Waals surface area contributed by atoms with E-state index in [-0.39, 0.29) is 24.1 Å². The molecule has 3 N–H and O–H groups in total. The van der Waals surface area contributed by atoms with Gasteiger partial charge in [0.2, 0.25) is 10.0 Å². The number of carbonyl (C=O) groups is 1. The Morgan fingerprint density at radius 3 is 2.30 bits per heavy atom. The van der Waals surface area contributed by atoms with E-state index in [1.165, 1.54) is 0 Å². The lowest BCUT2D eigenvalue weighted by molar-refractivity contribution is 0.183. The van der Waals surface area contributed by atoms with Gasteiger partial charge in [-0.25, -0.2) is 17.9 Å². The topological polar surface area (TPSA) is 102 Å². The van der Waals surface area contributed by atoms with Gasteiger partial charge in [-0.05, 0) is 105 Å². The van der Waals surface area contributed by atoms with E-state index in [9.17, 15) is 13.2 Å². The van der Waals surface area contributed by atoms with E-state index in [1.54, 1.807) is 41.3 Å². The van der Waals surface area contributed by atoms with Crippen LogP contribution >= 0.6 is 11.6 Å². The zero-order chi connectivity index (χ0) is 28.4. The van der Waals surface area contributed by atoms with Gasteiger partial charge in [0.15, 0.2) is 0 Å². The number of hydrogen-bond acceptors (Lipinski definition) is 5. The largest absolute Gasteiger partial charge is 0.395 e. The van der Waals surface area contributed by atoms with Gasteiger partial charge in [0, 0.05) is 29.5 Å². The molecule has 8 nitrogen and oxygen atoms in total. The fraction of sp³-hybridized carbons (Fsp3) is 0.367.